The summed E-state index contributed by atoms with van der Waals surface area (Å²) in [5.74, 6) is -0.662. The lowest BCUT2D eigenvalue weighted by Gasteiger charge is -2.10. The van der Waals surface area contributed by atoms with E-state index in [0.29, 0.717) is 5.69 Å². The molecule has 0 atom stereocenters. The fraction of sp³-hybridized carbons (Fsp3) is 0.105. The number of para-hydroxylation sites is 1. The number of primary amides is 1. The summed E-state index contributed by atoms with van der Waals surface area (Å²) in [4.78, 5) is 28.0. The number of hydrogen-bond donors (Lipinski definition) is 2. The molecule has 3 aromatic rings. The second-order valence-corrected chi connectivity index (χ2v) is 6.59. The van der Waals surface area contributed by atoms with Gasteiger partial charge in [-0.2, -0.15) is 0 Å². The van der Waals surface area contributed by atoms with E-state index >= 15 is 0 Å². The van der Waals surface area contributed by atoms with Crippen molar-refractivity contribution in [1.29, 1.82) is 0 Å². The zero-order valence-electron chi connectivity index (χ0n) is 14.1. The van der Waals surface area contributed by atoms with Crippen molar-refractivity contribution in [2.24, 2.45) is 5.73 Å². The molecule has 0 saturated carbocycles. The normalized spacial score (nSPS) is 10.3. The number of nitrogens with one attached hydrogen (secondary N) is 1. The standard InChI is InChI=1S/C19H17N3O3S/c1-12-21-16(11-26-12)13-5-4-6-14(9-13)22-18(23)10-25-17-8-3-2-7-15(17)19(20)24/h2-9,11H,10H2,1H3,(H2,20,24)(H,22,23). The van der Waals surface area contributed by atoms with Crippen LogP contribution >= 0.6 is 11.3 Å². The minimum atomic E-state index is -0.604. The first kappa shape index (κ1) is 17.6. The molecule has 7 heteroatoms. The number of anilines is 1. The van der Waals surface area contributed by atoms with Gasteiger partial charge in [0.1, 0.15) is 5.75 Å². The summed E-state index contributed by atoms with van der Waals surface area (Å²) in [5.41, 5.74) is 7.97. The van der Waals surface area contributed by atoms with Gasteiger partial charge in [-0.1, -0.05) is 24.3 Å². The molecule has 3 N–H and O–H groups in total. The third-order valence-electron chi connectivity index (χ3n) is 3.57. The van der Waals surface area contributed by atoms with Crippen LogP contribution in [0.5, 0.6) is 5.75 Å². The van der Waals surface area contributed by atoms with E-state index in [9.17, 15) is 9.59 Å². The average molecular weight is 367 g/mol. The molecule has 0 fully saturated rings. The van der Waals surface area contributed by atoms with Crippen LogP contribution in [0.2, 0.25) is 0 Å². The number of carbonyl (C=O) groups is 2. The monoisotopic (exact) mass is 367 g/mol. The summed E-state index contributed by atoms with van der Waals surface area (Å²) in [6.07, 6.45) is 0. The Balaban J connectivity index is 1.65. The smallest absolute Gasteiger partial charge is 0.262 e. The Labute approximate surface area is 154 Å². The highest BCUT2D eigenvalue weighted by molar-refractivity contribution is 7.09. The van der Waals surface area contributed by atoms with Gasteiger partial charge in [0.15, 0.2) is 6.61 Å². The number of ether oxygens (including phenoxy) is 1. The number of benzene rings is 2. The van der Waals surface area contributed by atoms with E-state index in [1.807, 2.05) is 30.5 Å². The predicted octanol–water partition coefficient (Wildman–Crippen LogP) is 3.23. The maximum absolute atomic E-state index is 12.2. The summed E-state index contributed by atoms with van der Waals surface area (Å²) in [6.45, 7) is 1.71. The lowest BCUT2D eigenvalue weighted by molar-refractivity contribution is -0.118. The molecule has 3 rings (SSSR count). The molecular formula is C19H17N3O3S. The third-order valence-corrected chi connectivity index (χ3v) is 4.35. The highest BCUT2D eigenvalue weighted by Gasteiger charge is 2.11. The topological polar surface area (TPSA) is 94.3 Å². The fourth-order valence-electron chi connectivity index (χ4n) is 2.39. The van der Waals surface area contributed by atoms with Gasteiger partial charge in [-0.05, 0) is 31.2 Å². The molecule has 132 valence electrons. The summed E-state index contributed by atoms with van der Waals surface area (Å²) in [5, 5.41) is 5.73. The molecule has 1 aromatic heterocycles. The van der Waals surface area contributed by atoms with Crippen LogP contribution in [-0.4, -0.2) is 23.4 Å². The Hall–Kier alpha value is -3.19. The molecule has 0 spiro atoms. The van der Waals surface area contributed by atoms with Crippen molar-refractivity contribution < 1.29 is 14.3 Å². The molecule has 0 aliphatic heterocycles. The van der Waals surface area contributed by atoms with Gasteiger partial charge in [0.25, 0.3) is 11.8 Å². The fourth-order valence-corrected chi connectivity index (χ4v) is 3.01. The Morgan fingerprint density at radius 3 is 2.73 bits per heavy atom. The zero-order chi connectivity index (χ0) is 18.5. The van der Waals surface area contributed by atoms with E-state index in [2.05, 4.69) is 10.3 Å². The van der Waals surface area contributed by atoms with E-state index in [1.54, 1.807) is 41.7 Å². The van der Waals surface area contributed by atoms with Crippen LogP contribution in [0, 0.1) is 6.92 Å². The van der Waals surface area contributed by atoms with E-state index < -0.39 is 5.91 Å². The number of nitrogens with two attached hydrogens (primary N) is 1. The molecule has 0 saturated heterocycles. The molecule has 2 amide bonds. The third kappa shape index (κ3) is 4.25. The van der Waals surface area contributed by atoms with Crippen molar-refractivity contribution in [3.05, 3.63) is 64.5 Å². The molecule has 0 unspecified atom stereocenters. The van der Waals surface area contributed by atoms with Crippen LogP contribution in [-0.2, 0) is 4.79 Å². The van der Waals surface area contributed by atoms with E-state index in [0.717, 1.165) is 16.3 Å². The van der Waals surface area contributed by atoms with Crippen LogP contribution in [0.25, 0.3) is 11.3 Å². The summed E-state index contributed by atoms with van der Waals surface area (Å²) >= 11 is 1.57. The number of rotatable bonds is 6. The highest BCUT2D eigenvalue weighted by atomic mass is 32.1. The maximum atomic E-state index is 12.2. The van der Waals surface area contributed by atoms with Crippen molar-refractivity contribution in [2.45, 2.75) is 6.92 Å². The molecule has 1 heterocycles. The number of aryl methyl sites for hydroxylation is 1. The second-order valence-electron chi connectivity index (χ2n) is 5.53. The SMILES string of the molecule is Cc1nc(-c2cccc(NC(=O)COc3ccccc3C(N)=O)c2)cs1. The van der Waals surface area contributed by atoms with Gasteiger partial charge in [-0.15, -0.1) is 11.3 Å². The molecule has 0 aliphatic rings. The van der Waals surface area contributed by atoms with Gasteiger partial charge >= 0.3 is 0 Å². The van der Waals surface area contributed by atoms with Crippen molar-refractivity contribution in [1.82, 2.24) is 4.98 Å². The van der Waals surface area contributed by atoms with Gasteiger partial charge < -0.3 is 15.8 Å². The zero-order valence-corrected chi connectivity index (χ0v) is 14.9. The van der Waals surface area contributed by atoms with Gasteiger partial charge in [0.2, 0.25) is 0 Å². The maximum Gasteiger partial charge on any atom is 0.262 e. The molecule has 26 heavy (non-hydrogen) atoms. The molecule has 6 nitrogen and oxygen atoms in total. The molecule has 0 aliphatic carbocycles. The number of thiazole rings is 1. The molecule has 2 aromatic carbocycles. The van der Waals surface area contributed by atoms with Crippen molar-refractivity contribution in [2.75, 3.05) is 11.9 Å². The first-order chi connectivity index (χ1) is 12.5. The molecule has 0 radical (unpaired) electrons. The van der Waals surface area contributed by atoms with Crippen molar-refractivity contribution in [3.63, 3.8) is 0 Å². The van der Waals surface area contributed by atoms with Crippen LogP contribution in [0.1, 0.15) is 15.4 Å². The predicted molar refractivity (Wildman–Crippen MR) is 101 cm³/mol. The van der Waals surface area contributed by atoms with Crippen molar-refractivity contribution in [3.8, 4) is 17.0 Å². The summed E-state index contributed by atoms with van der Waals surface area (Å²) < 4.78 is 5.43. The van der Waals surface area contributed by atoms with Crippen molar-refractivity contribution >= 4 is 28.8 Å². The molecule has 0 bridgehead atoms. The van der Waals surface area contributed by atoms with E-state index in [-0.39, 0.29) is 23.8 Å². The summed E-state index contributed by atoms with van der Waals surface area (Å²) in [7, 11) is 0. The van der Waals surface area contributed by atoms with Crippen LogP contribution < -0.4 is 15.8 Å². The quantitative estimate of drug-likeness (QED) is 0.699. The highest BCUT2D eigenvalue weighted by Crippen LogP contribution is 2.24. The lowest BCUT2D eigenvalue weighted by Crippen LogP contribution is -2.21. The van der Waals surface area contributed by atoms with Gasteiger partial charge in [0.05, 0.1) is 16.3 Å². The second kappa shape index (κ2) is 7.79. The van der Waals surface area contributed by atoms with E-state index in [1.165, 1.54) is 0 Å². The molecular weight excluding hydrogens is 350 g/mol. The number of hydrogen-bond acceptors (Lipinski definition) is 5. The number of amides is 2. The lowest BCUT2D eigenvalue weighted by atomic mass is 10.1. The van der Waals surface area contributed by atoms with Crippen LogP contribution in [0.15, 0.2) is 53.9 Å². The number of carbonyl (C=O) groups excluding carboxylic acids is 2. The van der Waals surface area contributed by atoms with Crippen LogP contribution in [0.3, 0.4) is 0 Å². The van der Waals surface area contributed by atoms with Gasteiger partial charge in [-0.3, -0.25) is 9.59 Å². The Morgan fingerprint density at radius 1 is 1.19 bits per heavy atom. The van der Waals surface area contributed by atoms with Gasteiger partial charge in [-0.25, -0.2) is 4.98 Å². The number of nitrogens with zero attached hydrogens (tertiary/aromatic N) is 1. The minimum absolute atomic E-state index is 0.232. The largest absolute Gasteiger partial charge is 0.483 e. The number of aromatic nitrogens is 1. The Kier molecular flexibility index (Phi) is 5.28. The van der Waals surface area contributed by atoms with Gasteiger partial charge in [0, 0.05) is 16.6 Å². The van der Waals surface area contributed by atoms with Crippen LogP contribution in [0.4, 0.5) is 5.69 Å². The first-order valence-corrected chi connectivity index (χ1v) is 8.75. The first-order valence-electron chi connectivity index (χ1n) is 7.87. The minimum Gasteiger partial charge on any atom is -0.483 e. The average Bonchev–Trinajstić information content (AvgIpc) is 3.07. The summed E-state index contributed by atoms with van der Waals surface area (Å²) in [6, 6.07) is 14.0. The van der Waals surface area contributed by atoms with E-state index in [4.69, 9.17) is 10.5 Å². The Bertz CT molecular complexity index is 952. The Morgan fingerprint density at radius 2 is 2.00 bits per heavy atom.